The molecule has 0 aliphatic carbocycles. The zero-order valence-electron chi connectivity index (χ0n) is 9.97. The van der Waals surface area contributed by atoms with E-state index in [0.29, 0.717) is 4.47 Å². The summed E-state index contributed by atoms with van der Waals surface area (Å²) in [6.07, 6.45) is 1.14. The van der Waals surface area contributed by atoms with Gasteiger partial charge in [-0.3, -0.25) is 0 Å². The fourth-order valence-corrected chi connectivity index (χ4v) is 1.49. The molecule has 0 atom stereocenters. The normalized spacial score (nSPS) is 10.2. The molecule has 0 aromatic carbocycles. The van der Waals surface area contributed by atoms with Crippen molar-refractivity contribution in [3.63, 3.8) is 0 Å². The lowest BCUT2D eigenvalue weighted by Gasteiger charge is -2.09. The molecule has 1 aromatic heterocycles. The molecule has 18 heavy (non-hydrogen) atoms. The first-order valence-corrected chi connectivity index (χ1v) is 5.97. The molecule has 1 aromatic rings. The van der Waals surface area contributed by atoms with E-state index in [1.165, 1.54) is 12.3 Å². The number of nitrogen functional groups attached to an aromatic ring is 1. The van der Waals surface area contributed by atoms with Crippen LogP contribution in [0.1, 0.15) is 24.2 Å². The number of ether oxygens (including phenoxy) is 2. The van der Waals surface area contributed by atoms with Gasteiger partial charge < -0.3 is 15.2 Å². The Bertz CT molecular complexity index is 462. The highest BCUT2D eigenvalue weighted by molar-refractivity contribution is 9.10. The third kappa shape index (κ3) is 4.33. The molecule has 7 heteroatoms. The summed E-state index contributed by atoms with van der Waals surface area (Å²) in [5.41, 5.74) is 5.66. The Hall–Kier alpha value is -1.63. The molecule has 0 aliphatic rings. The highest BCUT2D eigenvalue weighted by Gasteiger charge is 2.15. The maximum Gasteiger partial charge on any atom is 0.344 e. The van der Waals surface area contributed by atoms with E-state index in [-0.39, 0.29) is 17.5 Å². The number of esters is 2. The molecular formula is C11H13BrN2O4. The summed E-state index contributed by atoms with van der Waals surface area (Å²) in [6.45, 7) is 2.98. The molecular weight excluding hydrogens is 304 g/mol. The van der Waals surface area contributed by atoms with E-state index in [0.717, 1.165) is 0 Å². The van der Waals surface area contributed by atoms with Gasteiger partial charge in [0.05, 0.1) is 16.1 Å². The molecule has 0 radical (unpaired) electrons. The lowest BCUT2D eigenvalue weighted by atomic mass is 10.2. The summed E-state index contributed by atoms with van der Waals surface area (Å²) >= 11 is 3.14. The van der Waals surface area contributed by atoms with Crippen LogP contribution in [0.2, 0.25) is 0 Å². The Balaban J connectivity index is 2.60. The number of carbonyl (C=O) groups is 2. The van der Waals surface area contributed by atoms with Crippen molar-refractivity contribution in [2.45, 2.75) is 20.0 Å². The second-order valence-corrected chi connectivity index (χ2v) is 4.56. The number of hydrogen-bond donors (Lipinski definition) is 1. The van der Waals surface area contributed by atoms with Gasteiger partial charge >= 0.3 is 11.9 Å². The van der Waals surface area contributed by atoms with Crippen LogP contribution in [0.3, 0.4) is 0 Å². The molecule has 1 heterocycles. The maximum absolute atomic E-state index is 11.7. The molecule has 0 amide bonds. The molecule has 0 aliphatic heterocycles. The minimum atomic E-state index is -0.670. The summed E-state index contributed by atoms with van der Waals surface area (Å²) in [4.78, 5) is 26.6. The monoisotopic (exact) mass is 316 g/mol. The van der Waals surface area contributed by atoms with Crippen molar-refractivity contribution in [3.8, 4) is 0 Å². The van der Waals surface area contributed by atoms with Gasteiger partial charge in [0.1, 0.15) is 5.82 Å². The van der Waals surface area contributed by atoms with Crippen LogP contribution < -0.4 is 5.73 Å². The van der Waals surface area contributed by atoms with Crippen molar-refractivity contribution in [1.82, 2.24) is 4.98 Å². The van der Waals surface area contributed by atoms with Crippen LogP contribution in [0.25, 0.3) is 0 Å². The van der Waals surface area contributed by atoms with Gasteiger partial charge in [0.15, 0.2) is 6.61 Å². The highest BCUT2D eigenvalue weighted by Crippen LogP contribution is 2.18. The molecule has 1 rings (SSSR count). The van der Waals surface area contributed by atoms with Crippen LogP contribution in [0.15, 0.2) is 16.7 Å². The Morgan fingerprint density at radius 2 is 2.17 bits per heavy atom. The molecule has 0 saturated carbocycles. The van der Waals surface area contributed by atoms with Gasteiger partial charge in [-0.2, -0.15) is 0 Å². The largest absolute Gasteiger partial charge is 0.460 e. The van der Waals surface area contributed by atoms with Gasteiger partial charge in [0.2, 0.25) is 0 Å². The molecule has 2 N–H and O–H groups in total. The zero-order valence-corrected chi connectivity index (χ0v) is 11.6. The maximum atomic E-state index is 11.7. The lowest BCUT2D eigenvalue weighted by molar-refractivity contribution is -0.150. The third-order valence-corrected chi connectivity index (χ3v) is 2.42. The van der Waals surface area contributed by atoms with Gasteiger partial charge in [0, 0.05) is 6.20 Å². The third-order valence-electron chi connectivity index (χ3n) is 1.78. The van der Waals surface area contributed by atoms with Crippen molar-refractivity contribution in [1.29, 1.82) is 0 Å². The van der Waals surface area contributed by atoms with Gasteiger partial charge in [-0.15, -0.1) is 0 Å². The van der Waals surface area contributed by atoms with Crippen molar-refractivity contribution in [2.75, 3.05) is 12.3 Å². The first-order chi connectivity index (χ1) is 8.40. The summed E-state index contributed by atoms with van der Waals surface area (Å²) in [6, 6.07) is 1.36. The number of rotatable bonds is 4. The molecule has 0 bridgehead atoms. The summed E-state index contributed by atoms with van der Waals surface area (Å²) < 4.78 is 10.1. The number of aromatic nitrogens is 1. The van der Waals surface area contributed by atoms with Crippen LogP contribution in [0.5, 0.6) is 0 Å². The molecule has 0 unspecified atom stereocenters. The van der Waals surface area contributed by atoms with Crippen LogP contribution in [-0.2, 0) is 14.3 Å². The van der Waals surface area contributed by atoms with E-state index in [2.05, 4.69) is 20.9 Å². The average Bonchev–Trinajstić information content (AvgIpc) is 2.28. The first kappa shape index (κ1) is 14.4. The lowest BCUT2D eigenvalue weighted by Crippen LogP contribution is -2.20. The number of halogens is 1. The number of pyridine rings is 1. The van der Waals surface area contributed by atoms with Gasteiger partial charge in [-0.25, -0.2) is 14.6 Å². The SMILES string of the molecule is CC(C)OC(=O)COC(=O)c1cc(N)ncc1Br. The number of hydrogen-bond acceptors (Lipinski definition) is 6. The van der Waals surface area contributed by atoms with E-state index < -0.39 is 18.5 Å². The predicted molar refractivity (Wildman–Crippen MR) is 67.9 cm³/mol. The molecule has 0 spiro atoms. The minimum absolute atomic E-state index is 0.190. The first-order valence-electron chi connectivity index (χ1n) is 5.17. The quantitative estimate of drug-likeness (QED) is 0.847. The van der Waals surface area contributed by atoms with Crippen LogP contribution in [-0.4, -0.2) is 29.6 Å². The average molecular weight is 317 g/mol. The van der Waals surface area contributed by atoms with Crippen LogP contribution >= 0.6 is 15.9 Å². The van der Waals surface area contributed by atoms with E-state index in [9.17, 15) is 9.59 Å². The number of anilines is 1. The van der Waals surface area contributed by atoms with E-state index in [1.54, 1.807) is 13.8 Å². The number of nitrogens with two attached hydrogens (primary N) is 1. The van der Waals surface area contributed by atoms with Gasteiger partial charge in [-0.1, -0.05) is 0 Å². The Labute approximate surface area is 113 Å². The Morgan fingerprint density at radius 1 is 1.50 bits per heavy atom. The van der Waals surface area contributed by atoms with Crippen molar-refractivity contribution < 1.29 is 19.1 Å². The number of nitrogens with zero attached hydrogens (tertiary/aromatic N) is 1. The van der Waals surface area contributed by atoms with E-state index in [1.807, 2.05) is 0 Å². The molecule has 6 nitrogen and oxygen atoms in total. The van der Waals surface area contributed by atoms with Gasteiger partial charge in [0.25, 0.3) is 0 Å². The fraction of sp³-hybridized carbons (Fsp3) is 0.364. The van der Waals surface area contributed by atoms with Crippen molar-refractivity contribution in [3.05, 3.63) is 22.3 Å². The molecule has 98 valence electrons. The minimum Gasteiger partial charge on any atom is -0.460 e. The van der Waals surface area contributed by atoms with E-state index >= 15 is 0 Å². The van der Waals surface area contributed by atoms with Crippen molar-refractivity contribution >= 4 is 33.7 Å². The second-order valence-electron chi connectivity index (χ2n) is 3.70. The summed E-state index contributed by atoms with van der Waals surface area (Å²) in [7, 11) is 0. The van der Waals surface area contributed by atoms with Gasteiger partial charge in [-0.05, 0) is 35.8 Å². The highest BCUT2D eigenvalue weighted by atomic mass is 79.9. The summed E-state index contributed by atoms with van der Waals surface area (Å²) in [5.74, 6) is -1.08. The Morgan fingerprint density at radius 3 is 2.78 bits per heavy atom. The number of carbonyl (C=O) groups excluding carboxylic acids is 2. The standard InChI is InChI=1S/C11H13BrN2O4/c1-6(2)18-10(15)5-17-11(16)7-3-9(13)14-4-8(7)12/h3-4,6H,5H2,1-2H3,(H2,13,14). The smallest absolute Gasteiger partial charge is 0.344 e. The molecule has 0 saturated heterocycles. The summed E-state index contributed by atoms with van der Waals surface area (Å²) in [5, 5.41) is 0. The van der Waals surface area contributed by atoms with Crippen LogP contribution in [0, 0.1) is 0 Å². The molecule has 0 fully saturated rings. The second kappa shape index (κ2) is 6.34. The van der Waals surface area contributed by atoms with Crippen molar-refractivity contribution in [2.24, 2.45) is 0 Å². The van der Waals surface area contributed by atoms with Crippen LogP contribution in [0.4, 0.5) is 5.82 Å². The zero-order chi connectivity index (χ0) is 13.7. The predicted octanol–water partition coefficient (Wildman–Crippen LogP) is 1.53. The van der Waals surface area contributed by atoms with E-state index in [4.69, 9.17) is 15.2 Å². The fourth-order valence-electron chi connectivity index (χ4n) is 1.11. The topological polar surface area (TPSA) is 91.5 Å². The Kier molecular flexibility index (Phi) is 5.08.